The number of anilines is 2. The highest BCUT2D eigenvalue weighted by Gasteiger charge is 2.20. The van der Waals surface area contributed by atoms with Gasteiger partial charge in [0, 0.05) is 11.4 Å². The minimum atomic E-state index is -4.01. The van der Waals surface area contributed by atoms with Crippen LogP contribution in [0.3, 0.4) is 0 Å². The fraction of sp³-hybridized carbons (Fsp3) is 0.0370. The lowest BCUT2D eigenvalue weighted by molar-refractivity contribution is 0.262. The maximum Gasteiger partial charge on any atom is 0.323 e. The van der Waals surface area contributed by atoms with Gasteiger partial charge in [0.15, 0.2) is 5.11 Å². The Bertz CT molecular complexity index is 1390. The number of hydrogen-bond donors (Lipinski definition) is 4. The third-order valence-electron chi connectivity index (χ3n) is 5.20. The minimum absolute atomic E-state index is 0.0415. The lowest BCUT2D eigenvalue weighted by Crippen LogP contribution is -2.41. The van der Waals surface area contributed by atoms with Crippen LogP contribution >= 0.6 is 12.2 Å². The largest absolute Gasteiger partial charge is 0.351 e. The van der Waals surface area contributed by atoms with E-state index in [1.165, 1.54) is 12.1 Å². The summed E-state index contributed by atoms with van der Waals surface area (Å²) < 4.78 is 28.5. The van der Waals surface area contributed by atoms with Crippen LogP contribution in [-0.2, 0) is 10.0 Å². The second kappa shape index (κ2) is 11.5. The monoisotopic (exact) mass is 516 g/mol. The van der Waals surface area contributed by atoms with E-state index in [9.17, 15) is 13.2 Å². The first kappa shape index (κ1) is 24.9. The molecule has 0 fully saturated rings. The van der Waals surface area contributed by atoms with Gasteiger partial charge in [-0.2, -0.15) is 0 Å². The molecule has 0 atom stereocenters. The lowest BCUT2D eigenvalue weighted by atomic mass is 9.99. The maximum atomic E-state index is 13.1. The van der Waals surface area contributed by atoms with Gasteiger partial charge in [-0.3, -0.25) is 4.72 Å². The van der Waals surface area contributed by atoms with Crippen LogP contribution in [0.1, 0.15) is 17.2 Å². The van der Waals surface area contributed by atoms with E-state index >= 15 is 0 Å². The number of para-hydroxylation sites is 1. The number of sulfonamides is 1. The van der Waals surface area contributed by atoms with Gasteiger partial charge in [-0.15, -0.1) is 0 Å². The molecule has 0 radical (unpaired) electrons. The fourth-order valence-corrected chi connectivity index (χ4v) is 4.96. The molecular weight excluding hydrogens is 492 g/mol. The number of rotatable bonds is 7. The number of hydrogen-bond acceptors (Lipinski definition) is 4. The molecule has 0 heterocycles. The van der Waals surface area contributed by atoms with Crippen LogP contribution < -0.4 is 20.7 Å². The standard InChI is InChI=1S/C27H24N4O3S2/c32-26(28-22-15-8-3-9-16-22)29-23-17-10-18-24(19-23)36(33,34)31-27(35)30-25(20-11-4-1-5-12-20)21-13-6-2-7-14-21/h1-19,25H,(H2,28,29,32)(H2,30,31,35). The van der Waals surface area contributed by atoms with E-state index in [-0.39, 0.29) is 16.0 Å². The smallest absolute Gasteiger partial charge is 0.323 e. The van der Waals surface area contributed by atoms with Crippen molar-refractivity contribution in [2.45, 2.75) is 10.9 Å². The highest BCUT2D eigenvalue weighted by Crippen LogP contribution is 2.22. The molecule has 0 aliphatic rings. The van der Waals surface area contributed by atoms with Gasteiger partial charge in [0.25, 0.3) is 10.0 Å². The van der Waals surface area contributed by atoms with Crippen LogP contribution in [0.4, 0.5) is 16.2 Å². The van der Waals surface area contributed by atoms with Crippen molar-refractivity contribution in [3.05, 3.63) is 126 Å². The van der Waals surface area contributed by atoms with E-state index in [0.717, 1.165) is 11.1 Å². The molecule has 4 aromatic carbocycles. The van der Waals surface area contributed by atoms with E-state index in [4.69, 9.17) is 12.2 Å². The summed E-state index contributed by atoms with van der Waals surface area (Å²) in [5.74, 6) is 0. The number of nitrogens with one attached hydrogen (secondary N) is 4. The van der Waals surface area contributed by atoms with Crippen molar-refractivity contribution < 1.29 is 13.2 Å². The van der Waals surface area contributed by atoms with E-state index in [2.05, 4.69) is 20.7 Å². The van der Waals surface area contributed by atoms with Crippen molar-refractivity contribution >= 4 is 44.8 Å². The van der Waals surface area contributed by atoms with Crippen molar-refractivity contribution in [1.29, 1.82) is 0 Å². The molecule has 7 nitrogen and oxygen atoms in total. The Kier molecular flexibility index (Phi) is 7.94. The van der Waals surface area contributed by atoms with Gasteiger partial charge in [-0.25, -0.2) is 13.2 Å². The molecule has 4 aromatic rings. The molecule has 4 rings (SSSR count). The summed E-state index contributed by atoms with van der Waals surface area (Å²) in [6.45, 7) is 0. The Labute approximate surface area is 215 Å². The number of amides is 2. The van der Waals surface area contributed by atoms with Gasteiger partial charge < -0.3 is 16.0 Å². The third kappa shape index (κ3) is 6.68. The molecular formula is C27H24N4O3S2. The van der Waals surface area contributed by atoms with Crippen molar-refractivity contribution in [2.75, 3.05) is 10.6 Å². The van der Waals surface area contributed by atoms with Gasteiger partial charge >= 0.3 is 6.03 Å². The van der Waals surface area contributed by atoms with E-state index in [1.807, 2.05) is 66.7 Å². The average Bonchev–Trinajstić information content (AvgIpc) is 2.89. The lowest BCUT2D eigenvalue weighted by Gasteiger charge is -2.22. The van der Waals surface area contributed by atoms with E-state index in [1.54, 1.807) is 36.4 Å². The number of carbonyl (C=O) groups excluding carboxylic acids is 1. The topological polar surface area (TPSA) is 99.3 Å². The van der Waals surface area contributed by atoms with Gasteiger partial charge in [0.05, 0.1) is 10.9 Å². The molecule has 0 aliphatic heterocycles. The van der Waals surface area contributed by atoms with Gasteiger partial charge in [-0.1, -0.05) is 84.9 Å². The summed E-state index contributed by atoms with van der Waals surface area (Å²) in [4.78, 5) is 12.3. The molecule has 2 amide bonds. The van der Waals surface area contributed by atoms with E-state index in [0.29, 0.717) is 11.4 Å². The average molecular weight is 517 g/mol. The Hall–Kier alpha value is -4.21. The van der Waals surface area contributed by atoms with Gasteiger partial charge in [-0.05, 0) is 53.7 Å². The number of benzene rings is 4. The molecule has 0 bridgehead atoms. The van der Waals surface area contributed by atoms with Crippen LogP contribution in [0, 0.1) is 0 Å². The highest BCUT2D eigenvalue weighted by atomic mass is 32.2. The number of urea groups is 1. The molecule has 0 saturated heterocycles. The summed E-state index contributed by atoms with van der Waals surface area (Å²) in [6, 6.07) is 33.2. The van der Waals surface area contributed by atoms with Crippen LogP contribution in [-0.4, -0.2) is 19.6 Å². The van der Waals surface area contributed by atoms with Crippen molar-refractivity contribution in [2.24, 2.45) is 0 Å². The Morgan fingerprint density at radius 3 is 1.75 bits per heavy atom. The zero-order chi connectivity index (χ0) is 25.4. The third-order valence-corrected chi connectivity index (χ3v) is 6.90. The summed E-state index contributed by atoms with van der Waals surface area (Å²) in [5.41, 5.74) is 2.79. The Morgan fingerprint density at radius 1 is 0.667 bits per heavy atom. The molecule has 0 unspecified atom stereocenters. The van der Waals surface area contributed by atoms with Crippen LogP contribution in [0.5, 0.6) is 0 Å². The highest BCUT2D eigenvalue weighted by molar-refractivity contribution is 7.91. The summed E-state index contributed by atoms with van der Waals surface area (Å²) >= 11 is 5.37. The van der Waals surface area contributed by atoms with Crippen molar-refractivity contribution in [1.82, 2.24) is 10.0 Å². The van der Waals surface area contributed by atoms with Gasteiger partial charge in [0.2, 0.25) is 0 Å². The quantitative estimate of drug-likeness (QED) is 0.251. The number of carbonyl (C=O) groups is 1. The molecule has 0 saturated carbocycles. The van der Waals surface area contributed by atoms with Crippen molar-refractivity contribution in [3.63, 3.8) is 0 Å². The SMILES string of the molecule is O=C(Nc1ccccc1)Nc1cccc(S(=O)(=O)NC(=S)NC(c2ccccc2)c2ccccc2)c1. The second-order valence-electron chi connectivity index (χ2n) is 7.81. The first-order valence-electron chi connectivity index (χ1n) is 11.1. The van der Waals surface area contributed by atoms with Crippen molar-refractivity contribution in [3.8, 4) is 0 Å². The Balaban J connectivity index is 1.46. The van der Waals surface area contributed by atoms with E-state index < -0.39 is 16.1 Å². The molecule has 4 N–H and O–H groups in total. The fourth-order valence-electron chi connectivity index (χ4n) is 3.55. The maximum absolute atomic E-state index is 13.1. The zero-order valence-corrected chi connectivity index (χ0v) is 20.7. The zero-order valence-electron chi connectivity index (χ0n) is 19.1. The molecule has 0 aromatic heterocycles. The molecule has 0 aliphatic carbocycles. The summed E-state index contributed by atoms with van der Waals surface area (Å²) in [6.07, 6.45) is 0. The van der Waals surface area contributed by atoms with Gasteiger partial charge in [0.1, 0.15) is 0 Å². The number of thiocarbonyl (C=S) groups is 1. The Morgan fingerprint density at radius 2 is 1.17 bits per heavy atom. The van der Waals surface area contributed by atoms with Crippen LogP contribution in [0.25, 0.3) is 0 Å². The minimum Gasteiger partial charge on any atom is -0.351 e. The van der Waals surface area contributed by atoms with Crippen LogP contribution in [0.2, 0.25) is 0 Å². The predicted octanol–water partition coefficient (Wildman–Crippen LogP) is 5.27. The first-order chi connectivity index (χ1) is 17.4. The normalized spacial score (nSPS) is 10.9. The predicted molar refractivity (Wildman–Crippen MR) is 146 cm³/mol. The first-order valence-corrected chi connectivity index (χ1v) is 13.0. The molecule has 182 valence electrons. The van der Waals surface area contributed by atoms with Crippen LogP contribution in [0.15, 0.2) is 120 Å². The summed E-state index contributed by atoms with van der Waals surface area (Å²) in [5, 5.41) is 8.39. The molecule has 36 heavy (non-hydrogen) atoms. The second-order valence-corrected chi connectivity index (χ2v) is 9.90. The molecule has 9 heteroatoms. The summed E-state index contributed by atoms with van der Waals surface area (Å²) in [7, 11) is -4.01. The molecule has 0 spiro atoms.